The summed E-state index contributed by atoms with van der Waals surface area (Å²) in [4.78, 5) is 14.8. The Kier molecular flexibility index (Phi) is 4.80. The number of alkyl halides is 3. The lowest BCUT2D eigenvalue weighted by molar-refractivity contribution is -0.139. The summed E-state index contributed by atoms with van der Waals surface area (Å²) in [6.07, 6.45) is -2.85. The molecule has 1 aromatic rings. The lowest BCUT2D eigenvalue weighted by Crippen LogP contribution is -2.10. The van der Waals surface area contributed by atoms with Gasteiger partial charge in [-0.3, -0.25) is 4.79 Å². The standard InChI is InChI=1S/C10H11BrF2N2O2/c1-17-8(16)3-5-2-6(10(12)13)15-7(4-11)9(5)14/h2,10H,3-4,14H2,1H3. The zero-order chi connectivity index (χ0) is 13.0. The highest BCUT2D eigenvalue weighted by molar-refractivity contribution is 9.08. The second kappa shape index (κ2) is 5.90. The summed E-state index contributed by atoms with van der Waals surface area (Å²) in [7, 11) is 1.22. The average molecular weight is 309 g/mol. The van der Waals surface area contributed by atoms with E-state index in [1.807, 2.05) is 0 Å². The molecule has 1 rings (SSSR count). The lowest BCUT2D eigenvalue weighted by Gasteiger charge is -2.10. The molecule has 0 atom stereocenters. The van der Waals surface area contributed by atoms with Gasteiger partial charge in [0.05, 0.1) is 24.9 Å². The Labute approximate surface area is 105 Å². The summed E-state index contributed by atoms with van der Waals surface area (Å²) >= 11 is 3.11. The molecule has 0 aromatic carbocycles. The molecule has 0 radical (unpaired) electrons. The van der Waals surface area contributed by atoms with Crippen LogP contribution in [0.15, 0.2) is 6.07 Å². The van der Waals surface area contributed by atoms with Crippen molar-refractivity contribution in [1.29, 1.82) is 0 Å². The largest absolute Gasteiger partial charge is 0.469 e. The number of nitrogens with zero attached hydrogens (tertiary/aromatic N) is 1. The van der Waals surface area contributed by atoms with E-state index in [-0.39, 0.29) is 17.4 Å². The molecule has 17 heavy (non-hydrogen) atoms. The first-order valence-electron chi connectivity index (χ1n) is 4.68. The third-order valence-corrected chi connectivity index (χ3v) is 2.69. The van der Waals surface area contributed by atoms with E-state index in [4.69, 9.17) is 5.73 Å². The zero-order valence-electron chi connectivity index (χ0n) is 9.04. The molecule has 0 aliphatic rings. The molecule has 0 unspecified atom stereocenters. The third-order valence-electron chi connectivity index (χ3n) is 2.16. The van der Waals surface area contributed by atoms with Crippen LogP contribution in [0.25, 0.3) is 0 Å². The number of methoxy groups -OCH3 is 1. The van der Waals surface area contributed by atoms with Crippen molar-refractivity contribution < 1.29 is 18.3 Å². The van der Waals surface area contributed by atoms with Crippen molar-refractivity contribution in [1.82, 2.24) is 4.98 Å². The summed E-state index contributed by atoms with van der Waals surface area (Å²) in [5.41, 5.74) is 6.15. The van der Waals surface area contributed by atoms with Gasteiger partial charge in [-0.2, -0.15) is 0 Å². The lowest BCUT2D eigenvalue weighted by atomic mass is 10.1. The molecule has 0 amide bonds. The van der Waals surface area contributed by atoms with E-state index in [9.17, 15) is 13.6 Å². The smallest absolute Gasteiger partial charge is 0.310 e. The molecule has 0 aliphatic heterocycles. The maximum atomic E-state index is 12.6. The summed E-state index contributed by atoms with van der Waals surface area (Å²) < 4.78 is 29.6. The maximum absolute atomic E-state index is 12.6. The maximum Gasteiger partial charge on any atom is 0.310 e. The average Bonchev–Trinajstić information content (AvgIpc) is 2.31. The molecular weight excluding hydrogens is 298 g/mol. The highest BCUT2D eigenvalue weighted by Gasteiger charge is 2.17. The quantitative estimate of drug-likeness (QED) is 0.684. The van der Waals surface area contributed by atoms with Crippen molar-refractivity contribution in [3.63, 3.8) is 0 Å². The van der Waals surface area contributed by atoms with E-state index in [0.717, 1.165) is 6.07 Å². The number of carbonyl (C=O) groups is 1. The fourth-order valence-electron chi connectivity index (χ4n) is 1.28. The molecule has 7 heteroatoms. The van der Waals surface area contributed by atoms with E-state index in [1.54, 1.807) is 0 Å². The highest BCUT2D eigenvalue weighted by Crippen LogP contribution is 2.25. The van der Waals surface area contributed by atoms with E-state index < -0.39 is 18.1 Å². The number of rotatable bonds is 4. The molecule has 94 valence electrons. The number of carbonyl (C=O) groups excluding carboxylic acids is 1. The topological polar surface area (TPSA) is 65.2 Å². The van der Waals surface area contributed by atoms with Crippen molar-refractivity contribution in [3.05, 3.63) is 23.0 Å². The molecule has 1 aromatic heterocycles. The van der Waals surface area contributed by atoms with Gasteiger partial charge < -0.3 is 10.5 Å². The Morgan fingerprint density at radius 3 is 2.76 bits per heavy atom. The van der Waals surface area contributed by atoms with Crippen LogP contribution >= 0.6 is 15.9 Å². The fraction of sp³-hybridized carbons (Fsp3) is 0.400. The van der Waals surface area contributed by atoms with Gasteiger partial charge >= 0.3 is 5.97 Å². The van der Waals surface area contributed by atoms with Crippen LogP contribution in [-0.2, 0) is 21.3 Å². The number of hydrogen-bond acceptors (Lipinski definition) is 4. The van der Waals surface area contributed by atoms with Crippen molar-refractivity contribution in [2.45, 2.75) is 18.2 Å². The van der Waals surface area contributed by atoms with Crippen LogP contribution in [0.4, 0.5) is 14.5 Å². The second-order valence-electron chi connectivity index (χ2n) is 3.25. The number of ether oxygens (including phenoxy) is 1. The predicted octanol–water partition coefficient (Wildman–Crippen LogP) is 2.21. The van der Waals surface area contributed by atoms with Crippen LogP contribution in [0.3, 0.4) is 0 Å². The first-order chi connectivity index (χ1) is 7.99. The molecule has 0 spiro atoms. The summed E-state index contributed by atoms with van der Waals surface area (Å²) in [5.74, 6) is -0.538. The van der Waals surface area contributed by atoms with Crippen molar-refractivity contribution in [3.8, 4) is 0 Å². The van der Waals surface area contributed by atoms with Gasteiger partial charge in [-0.25, -0.2) is 13.8 Å². The molecular formula is C10H11BrF2N2O2. The zero-order valence-corrected chi connectivity index (χ0v) is 10.6. The van der Waals surface area contributed by atoms with Gasteiger partial charge in [-0.05, 0) is 11.6 Å². The van der Waals surface area contributed by atoms with E-state index in [2.05, 4.69) is 25.7 Å². The van der Waals surface area contributed by atoms with Crippen LogP contribution < -0.4 is 5.73 Å². The Bertz CT molecular complexity index is 427. The van der Waals surface area contributed by atoms with Gasteiger partial charge in [0.2, 0.25) is 0 Å². The van der Waals surface area contributed by atoms with Crippen LogP contribution in [0, 0.1) is 0 Å². The minimum atomic E-state index is -2.70. The van der Waals surface area contributed by atoms with Gasteiger partial charge in [0.1, 0.15) is 5.69 Å². The highest BCUT2D eigenvalue weighted by atomic mass is 79.9. The van der Waals surface area contributed by atoms with E-state index >= 15 is 0 Å². The summed E-state index contributed by atoms with van der Waals surface area (Å²) in [6.45, 7) is 0. The molecule has 4 nitrogen and oxygen atoms in total. The van der Waals surface area contributed by atoms with Crippen LogP contribution in [0.2, 0.25) is 0 Å². The van der Waals surface area contributed by atoms with Crippen LogP contribution in [-0.4, -0.2) is 18.1 Å². The number of anilines is 1. The third kappa shape index (κ3) is 3.36. The first kappa shape index (κ1) is 13.8. The van der Waals surface area contributed by atoms with Gasteiger partial charge in [0.15, 0.2) is 0 Å². The van der Waals surface area contributed by atoms with Crippen molar-refractivity contribution >= 4 is 27.6 Å². The number of pyridine rings is 1. The fourth-order valence-corrected chi connectivity index (χ4v) is 1.70. The predicted molar refractivity (Wildman–Crippen MR) is 62.0 cm³/mol. The molecule has 0 bridgehead atoms. The number of hydrogen-bond donors (Lipinski definition) is 1. The normalized spacial score (nSPS) is 10.6. The van der Waals surface area contributed by atoms with E-state index in [1.165, 1.54) is 7.11 Å². The van der Waals surface area contributed by atoms with Crippen molar-refractivity contribution in [2.24, 2.45) is 0 Å². The Balaban J connectivity index is 3.17. The van der Waals surface area contributed by atoms with Gasteiger partial charge in [0, 0.05) is 5.33 Å². The Hall–Kier alpha value is -1.24. The van der Waals surface area contributed by atoms with Gasteiger partial charge in [-0.1, -0.05) is 15.9 Å². The number of halogens is 3. The molecule has 2 N–H and O–H groups in total. The summed E-state index contributed by atoms with van der Waals surface area (Å²) in [6, 6.07) is 1.13. The van der Waals surface area contributed by atoms with Gasteiger partial charge in [0.25, 0.3) is 6.43 Å². The molecule has 0 saturated heterocycles. The number of esters is 1. The number of nitrogens with two attached hydrogens (primary N) is 1. The van der Waals surface area contributed by atoms with Crippen molar-refractivity contribution in [2.75, 3.05) is 12.8 Å². The Morgan fingerprint density at radius 1 is 1.65 bits per heavy atom. The first-order valence-corrected chi connectivity index (χ1v) is 5.80. The molecule has 0 aliphatic carbocycles. The molecule has 1 heterocycles. The minimum Gasteiger partial charge on any atom is -0.469 e. The SMILES string of the molecule is COC(=O)Cc1cc(C(F)F)nc(CBr)c1N. The Morgan fingerprint density at radius 2 is 2.29 bits per heavy atom. The molecule has 0 fully saturated rings. The number of aromatic nitrogens is 1. The minimum absolute atomic E-state index is 0.148. The van der Waals surface area contributed by atoms with E-state index in [0.29, 0.717) is 11.3 Å². The monoisotopic (exact) mass is 308 g/mol. The van der Waals surface area contributed by atoms with Crippen LogP contribution in [0.1, 0.15) is 23.4 Å². The van der Waals surface area contributed by atoms with Crippen LogP contribution in [0.5, 0.6) is 0 Å². The van der Waals surface area contributed by atoms with Gasteiger partial charge in [-0.15, -0.1) is 0 Å². The second-order valence-corrected chi connectivity index (χ2v) is 3.81. The number of nitrogen functional groups attached to an aromatic ring is 1. The molecule has 0 saturated carbocycles. The summed E-state index contributed by atoms with van der Waals surface area (Å²) in [5, 5.41) is 0.244.